The Morgan fingerprint density at radius 2 is 2.11 bits per heavy atom. The second-order valence-electron chi connectivity index (χ2n) is 4.25. The number of hydrogen-bond donors (Lipinski definition) is 1. The minimum absolute atomic E-state index is 0.437. The first-order chi connectivity index (χ1) is 8.50. The van der Waals surface area contributed by atoms with E-state index in [1.54, 1.807) is 0 Å². The highest BCUT2D eigenvalue weighted by Gasteiger charge is 2.12. The number of aryl methyl sites for hydroxylation is 3. The number of aromatic nitrogens is 2. The van der Waals surface area contributed by atoms with Gasteiger partial charge in [-0.1, -0.05) is 12.1 Å². The van der Waals surface area contributed by atoms with E-state index >= 15 is 0 Å². The van der Waals surface area contributed by atoms with Crippen molar-refractivity contribution in [3.05, 3.63) is 39.6 Å². The SMILES string of the molecule is Cc1cccc(N)c1OCc1c(Br)c(C)nn1C. The first-order valence-electron chi connectivity index (χ1n) is 5.66. The largest absolute Gasteiger partial charge is 0.485 e. The maximum atomic E-state index is 5.91. The number of nitrogens with zero attached hydrogens (tertiary/aromatic N) is 2. The van der Waals surface area contributed by atoms with Crippen LogP contribution >= 0.6 is 15.9 Å². The molecule has 0 saturated carbocycles. The molecule has 0 aliphatic carbocycles. The molecule has 0 radical (unpaired) electrons. The number of halogens is 1. The first-order valence-corrected chi connectivity index (χ1v) is 6.46. The van der Waals surface area contributed by atoms with Crippen molar-refractivity contribution in [1.82, 2.24) is 9.78 Å². The lowest BCUT2D eigenvalue weighted by Gasteiger charge is -2.11. The van der Waals surface area contributed by atoms with Crippen molar-refractivity contribution in [2.75, 3.05) is 5.73 Å². The van der Waals surface area contributed by atoms with Gasteiger partial charge in [0.05, 0.1) is 21.5 Å². The van der Waals surface area contributed by atoms with Gasteiger partial charge in [-0.15, -0.1) is 0 Å². The van der Waals surface area contributed by atoms with E-state index in [4.69, 9.17) is 10.5 Å². The van der Waals surface area contributed by atoms with Gasteiger partial charge in [0.15, 0.2) is 0 Å². The summed E-state index contributed by atoms with van der Waals surface area (Å²) in [7, 11) is 1.90. The van der Waals surface area contributed by atoms with Crippen LogP contribution in [0.2, 0.25) is 0 Å². The zero-order valence-corrected chi connectivity index (χ0v) is 12.3. The number of ether oxygens (including phenoxy) is 1. The van der Waals surface area contributed by atoms with Crippen LogP contribution in [0.3, 0.4) is 0 Å². The minimum Gasteiger partial charge on any atom is -0.485 e. The van der Waals surface area contributed by atoms with Crippen molar-refractivity contribution in [2.24, 2.45) is 7.05 Å². The molecule has 2 rings (SSSR count). The summed E-state index contributed by atoms with van der Waals surface area (Å²) in [6.07, 6.45) is 0. The molecule has 1 aromatic carbocycles. The van der Waals surface area contributed by atoms with Crippen LogP contribution in [-0.4, -0.2) is 9.78 Å². The third kappa shape index (κ3) is 2.36. The Morgan fingerprint density at radius 1 is 1.39 bits per heavy atom. The molecule has 0 amide bonds. The highest BCUT2D eigenvalue weighted by Crippen LogP contribution is 2.28. The van der Waals surface area contributed by atoms with Crippen LogP contribution in [0.4, 0.5) is 5.69 Å². The lowest BCUT2D eigenvalue weighted by Crippen LogP contribution is -2.05. The summed E-state index contributed by atoms with van der Waals surface area (Å²) in [5, 5.41) is 4.33. The molecule has 18 heavy (non-hydrogen) atoms. The van der Waals surface area contributed by atoms with Crippen molar-refractivity contribution in [3.63, 3.8) is 0 Å². The normalized spacial score (nSPS) is 10.7. The second-order valence-corrected chi connectivity index (χ2v) is 5.04. The monoisotopic (exact) mass is 309 g/mol. The van der Waals surface area contributed by atoms with Crippen LogP contribution in [0.1, 0.15) is 17.0 Å². The molecule has 96 valence electrons. The molecule has 0 saturated heterocycles. The number of nitrogens with two attached hydrogens (primary N) is 1. The number of rotatable bonds is 3. The molecular formula is C13H16BrN3O. The van der Waals surface area contributed by atoms with Crippen molar-refractivity contribution < 1.29 is 4.74 Å². The highest BCUT2D eigenvalue weighted by atomic mass is 79.9. The maximum Gasteiger partial charge on any atom is 0.145 e. The third-order valence-corrected chi connectivity index (χ3v) is 3.89. The average molecular weight is 310 g/mol. The highest BCUT2D eigenvalue weighted by molar-refractivity contribution is 9.10. The van der Waals surface area contributed by atoms with E-state index in [1.807, 2.05) is 43.8 Å². The number of nitrogen functional groups attached to an aromatic ring is 1. The summed E-state index contributed by atoms with van der Waals surface area (Å²) in [6.45, 7) is 4.37. The van der Waals surface area contributed by atoms with Crippen molar-refractivity contribution in [2.45, 2.75) is 20.5 Å². The molecule has 4 nitrogen and oxygen atoms in total. The topological polar surface area (TPSA) is 53.1 Å². The molecule has 1 aromatic heterocycles. The van der Waals surface area contributed by atoms with E-state index in [2.05, 4.69) is 21.0 Å². The van der Waals surface area contributed by atoms with E-state index in [9.17, 15) is 0 Å². The Hall–Kier alpha value is -1.49. The van der Waals surface area contributed by atoms with Gasteiger partial charge in [0.1, 0.15) is 12.4 Å². The van der Waals surface area contributed by atoms with E-state index in [1.165, 1.54) is 0 Å². The predicted molar refractivity (Wildman–Crippen MR) is 75.6 cm³/mol. The van der Waals surface area contributed by atoms with Gasteiger partial charge in [0.25, 0.3) is 0 Å². The lowest BCUT2D eigenvalue weighted by atomic mass is 10.2. The molecule has 2 aromatic rings. The average Bonchev–Trinajstić information content (AvgIpc) is 2.54. The number of benzene rings is 1. The van der Waals surface area contributed by atoms with E-state index in [0.717, 1.165) is 27.2 Å². The van der Waals surface area contributed by atoms with E-state index < -0.39 is 0 Å². The number of para-hydroxylation sites is 1. The molecule has 0 unspecified atom stereocenters. The van der Waals surface area contributed by atoms with E-state index in [0.29, 0.717) is 12.3 Å². The van der Waals surface area contributed by atoms with Crippen molar-refractivity contribution >= 4 is 21.6 Å². The van der Waals surface area contributed by atoms with Crippen molar-refractivity contribution in [3.8, 4) is 5.75 Å². The van der Waals surface area contributed by atoms with Gasteiger partial charge in [-0.05, 0) is 41.4 Å². The van der Waals surface area contributed by atoms with Gasteiger partial charge in [0.2, 0.25) is 0 Å². The number of hydrogen-bond acceptors (Lipinski definition) is 3. The minimum atomic E-state index is 0.437. The Labute approximate surface area is 115 Å². The maximum absolute atomic E-state index is 5.91. The fraction of sp³-hybridized carbons (Fsp3) is 0.308. The zero-order valence-electron chi connectivity index (χ0n) is 10.7. The van der Waals surface area contributed by atoms with Gasteiger partial charge in [-0.3, -0.25) is 4.68 Å². The molecule has 0 aliphatic rings. The molecule has 0 bridgehead atoms. The standard InChI is InChI=1S/C13H16BrN3O/c1-8-5-4-6-10(15)13(8)18-7-11-12(14)9(2)16-17(11)3/h4-6H,7,15H2,1-3H3. The summed E-state index contributed by atoms with van der Waals surface area (Å²) in [6, 6.07) is 5.74. The van der Waals surface area contributed by atoms with E-state index in [-0.39, 0.29) is 0 Å². The van der Waals surface area contributed by atoms with Crippen LogP contribution in [0.15, 0.2) is 22.7 Å². The van der Waals surface area contributed by atoms with Gasteiger partial charge in [0, 0.05) is 7.05 Å². The first kappa shape index (κ1) is 13.0. The zero-order chi connectivity index (χ0) is 13.3. The quantitative estimate of drug-likeness (QED) is 0.887. The molecule has 1 heterocycles. The predicted octanol–water partition coefficient (Wildman–Crippen LogP) is 2.96. The fourth-order valence-electron chi connectivity index (χ4n) is 1.85. The second kappa shape index (κ2) is 5.02. The van der Waals surface area contributed by atoms with Crippen LogP contribution in [0.25, 0.3) is 0 Å². The van der Waals surface area contributed by atoms with Crippen LogP contribution in [-0.2, 0) is 13.7 Å². The van der Waals surface area contributed by atoms with Gasteiger partial charge >= 0.3 is 0 Å². The molecule has 0 fully saturated rings. The van der Waals surface area contributed by atoms with Gasteiger partial charge in [-0.25, -0.2) is 0 Å². The summed E-state index contributed by atoms with van der Waals surface area (Å²) in [5.74, 6) is 0.739. The summed E-state index contributed by atoms with van der Waals surface area (Å²) >= 11 is 3.52. The third-order valence-electron chi connectivity index (χ3n) is 2.86. The van der Waals surface area contributed by atoms with Gasteiger partial charge in [-0.2, -0.15) is 5.10 Å². The Morgan fingerprint density at radius 3 is 2.67 bits per heavy atom. The van der Waals surface area contributed by atoms with Crippen LogP contribution < -0.4 is 10.5 Å². The fourth-order valence-corrected chi connectivity index (χ4v) is 2.30. The molecule has 0 spiro atoms. The lowest BCUT2D eigenvalue weighted by molar-refractivity contribution is 0.294. The van der Waals surface area contributed by atoms with Crippen LogP contribution in [0.5, 0.6) is 5.75 Å². The summed E-state index contributed by atoms with van der Waals surface area (Å²) < 4.78 is 8.61. The van der Waals surface area contributed by atoms with Crippen molar-refractivity contribution in [1.29, 1.82) is 0 Å². The Balaban J connectivity index is 2.22. The van der Waals surface area contributed by atoms with Gasteiger partial charge < -0.3 is 10.5 Å². The number of anilines is 1. The Kier molecular flexibility index (Phi) is 3.61. The molecule has 0 aliphatic heterocycles. The molecule has 5 heteroatoms. The Bertz CT molecular complexity index is 558. The summed E-state index contributed by atoms with van der Waals surface area (Å²) in [4.78, 5) is 0. The molecular weight excluding hydrogens is 294 g/mol. The summed E-state index contributed by atoms with van der Waals surface area (Å²) in [5.41, 5.74) is 9.55. The van der Waals surface area contributed by atoms with Crippen LogP contribution in [0, 0.1) is 13.8 Å². The smallest absolute Gasteiger partial charge is 0.145 e. The molecule has 0 atom stereocenters. The molecule has 2 N–H and O–H groups in total.